The standard InChI is InChI=1S/C11H9ClN2O2S/c12-9-5-17-11(14-9)13-4-7-2-1-3-8-10(7)16-6-15-8/h1-3,5H,4,6H2,(H,13,14). The Kier molecular flexibility index (Phi) is 2.78. The maximum atomic E-state index is 5.75. The summed E-state index contributed by atoms with van der Waals surface area (Å²) in [6.45, 7) is 0.922. The minimum atomic E-state index is 0.287. The summed E-state index contributed by atoms with van der Waals surface area (Å²) in [5.74, 6) is 1.60. The van der Waals surface area contributed by atoms with Crippen LogP contribution in [0.4, 0.5) is 5.13 Å². The Morgan fingerprint density at radius 2 is 2.35 bits per heavy atom. The van der Waals surface area contributed by atoms with Crippen molar-refractivity contribution in [3.8, 4) is 11.5 Å². The summed E-state index contributed by atoms with van der Waals surface area (Å²) in [7, 11) is 0. The second-order valence-electron chi connectivity index (χ2n) is 3.48. The number of nitrogens with zero attached hydrogens (tertiary/aromatic N) is 1. The number of hydrogen-bond donors (Lipinski definition) is 1. The fraction of sp³-hybridized carbons (Fsp3) is 0.182. The summed E-state index contributed by atoms with van der Waals surface area (Å²) in [4.78, 5) is 4.12. The van der Waals surface area contributed by atoms with Crippen molar-refractivity contribution in [1.82, 2.24) is 4.98 Å². The first-order chi connectivity index (χ1) is 8.33. The van der Waals surface area contributed by atoms with Crippen LogP contribution in [0.25, 0.3) is 0 Å². The van der Waals surface area contributed by atoms with E-state index in [-0.39, 0.29) is 6.79 Å². The average molecular weight is 269 g/mol. The van der Waals surface area contributed by atoms with Gasteiger partial charge in [-0.25, -0.2) is 4.98 Å². The number of rotatable bonds is 3. The summed E-state index contributed by atoms with van der Waals surface area (Å²) in [6, 6.07) is 5.83. The van der Waals surface area contributed by atoms with E-state index in [9.17, 15) is 0 Å². The summed E-state index contributed by atoms with van der Waals surface area (Å²) in [5, 5.41) is 6.30. The number of thiazole rings is 1. The molecule has 0 saturated carbocycles. The van der Waals surface area contributed by atoms with Crippen molar-refractivity contribution in [3.63, 3.8) is 0 Å². The van der Waals surface area contributed by atoms with Crippen LogP contribution in [0.5, 0.6) is 11.5 Å². The Labute approximate surface area is 107 Å². The molecule has 0 spiro atoms. The van der Waals surface area contributed by atoms with Gasteiger partial charge in [0.25, 0.3) is 0 Å². The van der Waals surface area contributed by atoms with Crippen LogP contribution >= 0.6 is 22.9 Å². The average Bonchev–Trinajstić information content (AvgIpc) is 2.94. The van der Waals surface area contributed by atoms with Crippen LogP contribution in [0.2, 0.25) is 5.15 Å². The molecular weight excluding hydrogens is 260 g/mol. The van der Waals surface area contributed by atoms with Crippen molar-refractivity contribution in [2.45, 2.75) is 6.54 Å². The van der Waals surface area contributed by atoms with Crippen LogP contribution in [0.15, 0.2) is 23.6 Å². The van der Waals surface area contributed by atoms with Gasteiger partial charge in [0.2, 0.25) is 6.79 Å². The van der Waals surface area contributed by atoms with Crippen molar-refractivity contribution >= 4 is 28.1 Å². The first-order valence-corrected chi connectivity index (χ1v) is 6.31. The van der Waals surface area contributed by atoms with E-state index in [1.54, 1.807) is 5.38 Å². The Morgan fingerprint density at radius 1 is 1.41 bits per heavy atom. The summed E-state index contributed by atoms with van der Waals surface area (Å²) in [6.07, 6.45) is 0. The molecule has 1 aliphatic rings. The van der Waals surface area contributed by atoms with Gasteiger partial charge in [-0.15, -0.1) is 11.3 Å². The number of nitrogens with one attached hydrogen (secondary N) is 1. The third-order valence-electron chi connectivity index (χ3n) is 2.38. The van der Waals surface area contributed by atoms with E-state index in [1.807, 2.05) is 18.2 Å². The van der Waals surface area contributed by atoms with Gasteiger partial charge in [0.15, 0.2) is 16.6 Å². The predicted molar refractivity (Wildman–Crippen MR) is 67.0 cm³/mol. The Balaban J connectivity index is 1.75. The second-order valence-corrected chi connectivity index (χ2v) is 4.73. The largest absolute Gasteiger partial charge is 0.454 e. The molecule has 88 valence electrons. The van der Waals surface area contributed by atoms with Crippen LogP contribution < -0.4 is 14.8 Å². The van der Waals surface area contributed by atoms with Gasteiger partial charge in [-0.05, 0) is 6.07 Å². The molecule has 17 heavy (non-hydrogen) atoms. The topological polar surface area (TPSA) is 43.4 Å². The fourth-order valence-corrected chi connectivity index (χ4v) is 2.47. The number of anilines is 1. The minimum absolute atomic E-state index is 0.287. The predicted octanol–water partition coefficient (Wildman–Crippen LogP) is 3.14. The quantitative estimate of drug-likeness (QED) is 0.929. The van der Waals surface area contributed by atoms with E-state index in [1.165, 1.54) is 11.3 Å². The lowest BCUT2D eigenvalue weighted by molar-refractivity contribution is 0.173. The first-order valence-electron chi connectivity index (χ1n) is 5.05. The summed E-state index contributed by atoms with van der Waals surface area (Å²) >= 11 is 7.23. The lowest BCUT2D eigenvalue weighted by Gasteiger charge is -2.06. The zero-order valence-corrected chi connectivity index (χ0v) is 10.3. The normalized spacial score (nSPS) is 12.8. The molecule has 0 amide bonds. The van der Waals surface area contributed by atoms with Crippen molar-refractivity contribution < 1.29 is 9.47 Å². The third-order valence-corrected chi connectivity index (χ3v) is 3.51. The van der Waals surface area contributed by atoms with E-state index in [4.69, 9.17) is 21.1 Å². The SMILES string of the molecule is Clc1csc(NCc2cccc3c2OCO3)n1. The van der Waals surface area contributed by atoms with Crippen molar-refractivity contribution in [3.05, 3.63) is 34.3 Å². The molecule has 3 rings (SSSR count). The highest BCUT2D eigenvalue weighted by Gasteiger charge is 2.16. The summed E-state index contributed by atoms with van der Waals surface area (Å²) < 4.78 is 10.7. The highest BCUT2D eigenvalue weighted by molar-refractivity contribution is 7.14. The van der Waals surface area contributed by atoms with Gasteiger partial charge in [-0.3, -0.25) is 0 Å². The van der Waals surface area contributed by atoms with Gasteiger partial charge < -0.3 is 14.8 Å². The molecule has 0 atom stereocenters. The minimum Gasteiger partial charge on any atom is -0.454 e. The zero-order chi connectivity index (χ0) is 11.7. The molecule has 1 aromatic carbocycles. The van der Waals surface area contributed by atoms with Crippen molar-refractivity contribution in [1.29, 1.82) is 0 Å². The van der Waals surface area contributed by atoms with E-state index >= 15 is 0 Å². The third kappa shape index (κ3) is 2.16. The maximum Gasteiger partial charge on any atom is 0.231 e. The first kappa shape index (κ1) is 10.7. The lowest BCUT2D eigenvalue weighted by Crippen LogP contribution is -2.00. The molecule has 0 fully saturated rings. The number of halogens is 1. The van der Waals surface area contributed by atoms with Gasteiger partial charge in [-0.2, -0.15) is 0 Å². The van der Waals surface area contributed by atoms with E-state index < -0.39 is 0 Å². The summed E-state index contributed by atoms with van der Waals surface area (Å²) in [5.41, 5.74) is 1.05. The molecular formula is C11H9ClN2O2S. The number of ether oxygens (including phenoxy) is 2. The molecule has 0 unspecified atom stereocenters. The number of fused-ring (bicyclic) bond motifs is 1. The van der Waals surface area contributed by atoms with Crippen LogP contribution in [0, 0.1) is 0 Å². The van der Waals surface area contributed by atoms with Crippen LogP contribution in [-0.2, 0) is 6.54 Å². The number of hydrogen-bond acceptors (Lipinski definition) is 5. The van der Waals surface area contributed by atoms with E-state index in [0.29, 0.717) is 11.7 Å². The molecule has 0 bridgehead atoms. The van der Waals surface area contributed by atoms with Gasteiger partial charge in [0, 0.05) is 17.5 Å². The molecule has 4 nitrogen and oxygen atoms in total. The second kappa shape index (κ2) is 4.43. The van der Waals surface area contributed by atoms with Crippen LogP contribution in [0.3, 0.4) is 0 Å². The monoisotopic (exact) mass is 268 g/mol. The van der Waals surface area contributed by atoms with Gasteiger partial charge >= 0.3 is 0 Å². The highest BCUT2D eigenvalue weighted by Crippen LogP contribution is 2.35. The number of para-hydroxylation sites is 1. The van der Waals surface area contributed by atoms with Crippen LogP contribution in [0.1, 0.15) is 5.56 Å². The van der Waals surface area contributed by atoms with Gasteiger partial charge in [0.05, 0.1) is 0 Å². The Morgan fingerprint density at radius 3 is 3.18 bits per heavy atom. The van der Waals surface area contributed by atoms with Gasteiger partial charge in [-0.1, -0.05) is 23.7 Å². The highest BCUT2D eigenvalue weighted by atomic mass is 35.5. The fourth-order valence-electron chi connectivity index (χ4n) is 1.64. The van der Waals surface area contributed by atoms with Crippen molar-refractivity contribution in [2.24, 2.45) is 0 Å². The zero-order valence-electron chi connectivity index (χ0n) is 8.77. The molecule has 1 aromatic heterocycles. The molecule has 2 heterocycles. The maximum absolute atomic E-state index is 5.75. The molecule has 1 N–H and O–H groups in total. The molecule has 1 aliphatic heterocycles. The molecule has 6 heteroatoms. The van der Waals surface area contributed by atoms with E-state index in [0.717, 1.165) is 22.2 Å². The van der Waals surface area contributed by atoms with Crippen LogP contribution in [-0.4, -0.2) is 11.8 Å². The Hall–Kier alpha value is -1.46. The van der Waals surface area contributed by atoms with Gasteiger partial charge in [0.1, 0.15) is 5.15 Å². The molecule has 2 aromatic rings. The van der Waals surface area contributed by atoms with Crippen molar-refractivity contribution in [2.75, 3.05) is 12.1 Å². The molecule has 0 radical (unpaired) electrons. The lowest BCUT2D eigenvalue weighted by atomic mass is 10.2. The molecule has 0 aliphatic carbocycles. The smallest absolute Gasteiger partial charge is 0.231 e. The van der Waals surface area contributed by atoms with E-state index in [2.05, 4.69) is 10.3 Å². The molecule has 0 saturated heterocycles. The number of aromatic nitrogens is 1. The Bertz CT molecular complexity index is 544. The number of benzene rings is 1.